The molecule has 0 saturated carbocycles. The van der Waals surface area contributed by atoms with Gasteiger partial charge in [-0.2, -0.15) is 13.2 Å². The Morgan fingerprint density at radius 2 is 2.05 bits per heavy atom. The molecular formula is C15H19F3O. The molecule has 1 aromatic carbocycles. The lowest BCUT2D eigenvalue weighted by Crippen LogP contribution is -2.08. The Balaban J connectivity index is 3.06. The molecule has 0 heterocycles. The molecule has 1 aromatic rings. The average molecular weight is 272 g/mol. The number of halogens is 3. The minimum absolute atomic E-state index is 0.104. The van der Waals surface area contributed by atoms with Gasteiger partial charge in [0.2, 0.25) is 0 Å². The van der Waals surface area contributed by atoms with Crippen molar-refractivity contribution < 1.29 is 17.9 Å². The Bertz CT molecular complexity index is 424. The maximum Gasteiger partial charge on any atom is 0.416 e. The molecule has 1 atom stereocenters. The monoisotopic (exact) mass is 272 g/mol. The molecule has 19 heavy (non-hydrogen) atoms. The second-order valence-corrected chi connectivity index (χ2v) is 4.59. The third-order valence-corrected chi connectivity index (χ3v) is 2.79. The van der Waals surface area contributed by atoms with Crippen LogP contribution in [0.5, 0.6) is 5.75 Å². The van der Waals surface area contributed by atoms with Gasteiger partial charge in [-0.05, 0) is 42.5 Å². The maximum atomic E-state index is 12.7. The van der Waals surface area contributed by atoms with Crippen molar-refractivity contribution in [1.29, 1.82) is 0 Å². The lowest BCUT2D eigenvalue weighted by molar-refractivity contribution is -0.137. The van der Waals surface area contributed by atoms with Crippen LogP contribution < -0.4 is 4.74 Å². The number of rotatable bonds is 6. The number of benzene rings is 1. The summed E-state index contributed by atoms with van der Waals surface area (Å²) in [7, 11) is 0. The molecule has 0 saturated heterocycles. The van der Waals surface area contributed by atoms with Crippen LogP contribution in [0.25, 0.3) is 0 Å². The summed E-state index contributed by atoms with van der Waals surface area (Å²) in [6, 6.07) is 3.64. The lowest BCUT2D eigenvalue weighted by atomic mass is 9.98. The van der Waals surface area contributed by atoms with E-state index in [0.29, 0.717) is 24.3 Å². The third-order valence-electron chi connectivity index (χ3n) is 2.79. The average Bonchev–Trinajstić information content (AvgIpc) is 2.35. The van der Waals surface area contributed by atoms with E-state index in [1.54, 1.807) is 6.08 Å². The Hall–Kier alpha value is -1.45. The molecule has 4 heteroatoms. The van der Waals surface area contributed by atoms with Crippen LogP contribution >= 0.6 is 0 Å². The van der Waals surface area contributed by atoms with Crippen molar-refractivity contribution in [3.8, 4) is 5.75 Å². The summed E-state index contributed by atoms with van der Waals surface area (Å²) in [5.74, 6) is 0.635. The summed E-state index contributed by atoms with van der Waals surface area (Å²) in [5.41, 5.74) is -0.0571. The van der Waals surface area contributed by atoms with E-state index in [1.165, 1.54) is 12.1 Å². The van der Waals surface area contributed by atoms with Crippen LogP contribution in [-0.4, -0.2) is 6.61 Å². The largest absolute Gasteiger partial charge is 0.493 e. The van der Waals surface area contributed by atoms with Crippen molar-refractivity contribution >= 4 is 0 Å². The van der Waals surface area contributed by atoms with Gasteiger partial charge in [-0.25, -0.2) is 0 Å². The number of ether oxygens (including phenoxy) is 1. The van der Waals surface area contributed by atoms with Crippen molar-refractivity contribution in [3.63, 3.8) is 0 Å². The van der Waals surface area contributed by atoms with E-state index in [-0.39, 0.29) is 5.92 Å². The van der Waals surface area contributed by atoms with Crippen LogP contribution in [0.1, 0.15) is 31.4 Å². The fourth-order valence-corrected chi connectivity index (χ4v) is 1.70. The van der Waals surface area contributed by atoms with Gasteiger partial charge in [0.25, 0.3) is 0 Å². The zero-order valence-corrected chi connectivity index (χ0v) is 11.3. The molecule has 0 amide bonds. The SMILES string of the molecule is C=CC(C)Cc1cc(C(F)(F)F)ccc1OCCC. The summed E-state index contributed by atoms with van der Waals surface area (Å²) in [6.45, 7) is 8.03. The fourth-order valence-electron chi connectivity index (χ4n) is 1.70. The van der Waals surface area contributed by atoms with Crippen molar-refractivity contribution in [2.75, 3.05) is 6.61 Å². The second-order valence-electron chi connectivity index (χ2n) is 4.59. The number of hydrogen-bond donors (Lipinski definition) is 0. The van der Waals surface area contributed by atoms with E-state index in [2.05, 4.69) is 6.58 Å². The summed E-state index contributed by atoms with van der Waals surface area (Å²) >= 11 is 0. The van der Waals surface area contributed by atoms with Crippen LogP contribution in [0.4, 0.5) is 13.2 Å². The van der Waals surface area contributed by atoms with Crippen LogP contribution in [0.2, 0.25) is 0 Å². The molecule has 0 bridgehead atoms. The molecule has 0 aromatic heterocycles. The molecule has 1 rings (SSSR count). The molecule has 0 fully saturated rings. The summed E-state index contributed by atoms with van der Waals surface area (Å²) in [4.78, 5) is 0. The van der Waals surface area contributed by atoms with E-state index in [9.17, 15) is 13.2 Å². The van der Waals surface area contributed by atoms with Crippen LogP contribution in [0.3, 0.4) is 0 Å². The molecule has 0 aliphatic heterocycles. The van der Waals surface area contributed by atoms with Gasteiger partial charge in [-0.1, -0.05) is 19.9 Å². The maximum absolute atomic E-state index is 12.7. The van der Waals surface area contributed by atoms with Gasteiger partial charge in [0.05, 0.1) is 12.2 Å². The Morgan fingerprint density at radius 3 is 2.58 bits per heavy atom. The number of hydrogen-bond acceptors (Lipinski definition) is 1. The van der Waals surface area contributed by atoms with Crippen molar-refractivity contribution in [2.45, 2.75) is 32.9 Å². The fraction of sp³-hybridized carbons (Fsp3) is 0.467. The summed E-state index contributed by atoms with van der Waals surface area (Å²) < 4.78 is 43.6. The molecule has 1 unspecified atom stereocenters. The zero-order valence-electron chi connectivity index (χ0n) is 11.3. The van der Waals surface area contributed by atoms with E-state index in [1.807, 2.05) is 13.8 Å². The minimum Gasteiger partial charge on any atom is -0.493 e. The first kappa shape index (κ1) is 15.6. The highest BCUT2D eigenvalue weighted by molar-refractivity contribution is 5.39. The summed E-state index contributed by atoms with van der Waals surface area (Å²) in [5, 5.41) is 0. The lowest BCUT2D eigenvalue weighted by Gasteiger charge is -2.15. The topological polar surface area (TPSA) is 9.23 Å². The van der Waals surface area contributed by atoms with Gasteiger partial charge in [0, 0.05) is 0 Å². The van der Waals surface area contributed by atoms with E-state index >= 15 is 0 Å². The molecule has 106 valence electrons. The van der Waals surface area contributed by atoms with Gasteiger partial charge in [-0.15, -0.1) is 6.58 Å². The molecule has 0 spiro atoms. The molecule has 0 aliphatic carbocycles. The molecular weight excluding hydrogens is 253 g/mol. The highest BCUT2D eigenvalue weighted by Gasteiger charge is 2.31. The van der Waals surface area contributed by atoms with Crippen molar-refractivity contribution in [2.24, 2.45) is 5.92 Å². The summed E-state index contributed by atoms with van der Waals surface area (Å²) in [6.07, 6.45) is -1.29. The highest BCUT2D eigenvalue weighted by Crippen LogP contribution is 2.33. The molecule has 0 radical (unpaired) electrons. The van der Waals surface area contributed by atoms with E-state index < -0.39 is 11.7 Å². The van der Waals surface area contributed by atoms with Crippen LogP contribution in [0, 0.1) is 5.92 Å². The second kappa shape index (κ2) is 6.64. The highest BCUT2D eigenvalue weighted by atomic mass is 19.4. The zero-order chi connectivity index (χ0) is 14.5. The first-order valence-electron chi connectivity index (χ1n) is 6.34. The Labute approximate surface area is 112 Å². The molecule has 0 aliphatic rings. The van der Waals surface area contributed by atoms with Gasteiger partial charge < -0.3 is 4.74 Å². The van der Waals surface area contributed by atoms with Gasteiger partial charge >= 0.3 is 6.18 Å². The Morgan fingerprint density at radius 1 is 1.37 bits per heavy atom. The van der Waals surface area contributed by atoms with Gasteiger partial charge in [-0.3, -0.25) is 0 Å². The normalized spacial score (nSPS) is 13.1. The number of allylic oxidation sites excluding steroid dienone is 1. The Kier molecular flexibility index (Phi) is 5.45. The predicted octanol–water partition coefficient (Wildman–Crippen LogP) is 4.86. The first-order valence-corrected chi connectivity index (χ1v) is 6.34. The van der Waals surface area contributed by atoms with Gasteiger partial charge in [0.1, 0.15) is 5.75 Å². The molecule has 0 N–H and O–H groups in total. The smallest absolute Gasteiger partial charge is 0.416 e. The minimum atomic E-state index is -4.32. The van der Waals surface area contributed by atoms with Crippen LogP contribution in [0.15, 0.2) is 30.9 Å². The van der Waals surface area contributed by atoms with E-state index in [4.69, 9.17) is 4.74 Å². The first-order chi connectivity index (χ1) is 8.88. The molecule has 1 nitrogen and oxygen atoms in total. The predicted molar refractivity (Wildman–Crippen MR) is 70.3 cm³/mol. The number of alkyl halides is 3. The third kappa shape index (κ3) is 4.62. The van der Waals surface area contributed by atoms with Gasteiger partial charge in [0.15, 0.2) is 0 Å². The quantitative estimate of drug-likeness (QED) is 0.672. The van der Waals surface area contributed by atoms with Crippen LogP contribution in [-0.2, 0) is 12.6 Å². The standard InChI is InChI=1S/C15H19F3O/c1-4-8-19-14-7-6-13(15(16,17)18)10-12(14)9-11(3)5-2/h5-7,10-11H,2,4,8-9H2,1,3H3. The van der Waals surface area contributed by atoms with Crippen molar-refractivity contribution in [1.82, 2.24) is 0 Å². The van der Waals surface area contributed by atoms with E-state index in [0.717, 1.165) is 12.5 Å². The van der Waals surface area contributed by atoms with Crippen molar-refractivity contribution in [3.05, 3.63) is 42.0 Å².